The second-order valence-corrected chi connectivity index (χ2v) is 7.61. The van der Waals surface area contributed by atoms with E-state index < -0.39 is 11.5 Å². The zero-order valence-electron chi connectivity index (χ0n) is 16.6. The lowest BCUT2D eigenvalue weighted by Gasteiger charge is -2.12. The van der Waals surface area contributed by atoms with Crippen LogP contribution in [0, 0.1) is 0 Å². The van der Waals surface area contributed by atoms with Gasteiger partial charge in [0.25, 0.3) is 5.56 Å². The molecule has 30 heavy (non-hydrogen) atoms. The molecular weight excluding hydrogens is 448 g/mol. The van der Waals surface area contributed by atoms with Crippen molar-refractivity contribution < 1.29 is 9.59 Å². The molecule has 0 unspecified atom stereocenters. The van der Waals surface area contributed by atoms with Crippen LogP contribution < -0.4 is 16.2 Å². The molecule has 3 rings (SSSR count). The van der Waals surface area contributed by atoms with Gasteiger partial charge in [-0.25, -0.2) is 4.68 Å². The largest absolute Gasteiger partial charge is 0.324 e. The zero-order chi connectivity index (χ0) is 21.7. The third-order valence-electron chi connectivity index (χ3n) is 4.36. The van der Waals surface area contributed by atoms with Crippen LogP contribution in [0.2, 0.25) is 0 Å². The lowest BCUT2D eigenvalue weighted by Crippen LogP contribution is -2.32. The highest BCUT2D eigenvalue weighted by atomic mass is 79.9. The number of hydrogen-bond acceptors (Lipinski definition) is 4. The number of rotatable bonds is 6. The summed E-state index contributed by atoms with van der Waals surface area (Å²) in [5, 5.41) is 9.60. The van der Waals surface area contributed by atoms with Crippen molar-refractivity contribution in [3.8, 4) is 11.3 Å². The molecule has 0 bridgehead atoms. The Hall–Kier alpha value is -3.26. The van der Waals surface area contributed by atoms with E-state index in [0.29, 0.717) is 11.4 Å². The fourth-order valence-corrected chi connectivity index (χ4v) is 3.11. The van der Waals surface area contributed by atoms with Crippen molar-refractivity contribution in [1.29, 1.82) is 0 Å². The SMILES string of the molecule is CCc1ccc(-c2cc(NC(C)=O)c(=O)n(CC(=O)Nc3ccc(Br)cc3)n2)cc1. The van der Waals surface area contributed by atoms with Crippen LogP contribution in [-0.4, -0.2) is 21.6 Å². The number of nitrogens with one attached hydrogen (secondary N) is 2. The van der Waals surface area contributed by atoms with Gasteiger partial charge in [-0.05, 0) is 42.3 Å². The van der Waals surface area contributed by atoms with Gasteiger partial charge in [-0.2, -0.15) is 5.10 Å². The zero-order valence-corrected chi connectivity index (χ0v) is 18.2. The van der Waals surface area contributed by atoms with Crippen molar-refractivity contribution in [3.05, 3.63) is 75.0 Å². The summed E-state index contributed by atoms with van der Waals surface area (Å²) in [5.74, 6) is -0.782. The molecule has 1 heterocycles. The van der Waals surface area contributed by atoms with Gasteiger partial charge in [-0.15, -0.1) is 0 Å². The van der Waals surface area contributed by atoms with Gasteiger partial charge in [0.05, 0.1) is 5.69 Å². The Kier molecular flexibility index (Phi) is 6.79. The number of hydrogen-bond donors (Lipinski definition) is 2. The van der Waals surface area contributed by atoms with Crippen LogP contribution >= 0.6 is 15.9 Å². The van der Waals surface area contributed by atoms with Gasteiger partial charge < -0.3 is 10.6 Å². The average Bonchev–Trinajstić information content (AvgIpc) is 2.72. The van der Waals surface area contributed by atoms with Gasteiger partial charge in [-0.3, -0.25) is 14.4 Å². The van der Waals surface area contributed by atoms with E-state index >= 15 is 0 Å². The minimum Gasteiger partial charge on any atom is -0.324 e. The molecule has 7 nitrogen and oxygen atoms in total. The molecule has 0 saturated carbocycles. The van der Waals surface area contributed by atoms with E-state index in [9.17, 15) is 14.4 Å². The topological polar surface area (TPSA) is 93.1 Å². The molecule has 0 saturated heterocycles. The van der Waals surface area contributed by atoms with Crippen molar-refractivity contribution in [2.45, 2.75) is 26.8 Å². The maximum atomic E-state index is 12.7. The minimum absolute atomic E-state index is 0.0727. The van der Waals surface area contributed by atoms with Crippen LogP contribution in [0.5, 0.6) is 0 Å². The molecule has 0 fully saturated rings. The summed E-state index contributed by atoms with van der Waals surface area (Å²) in [7, 11) is 0. The number of amides is 2. The first-order valence-corrected chi connectivity index (χ1v) is 10.2. The molecule has 3 aromatic rings. The molecule has 0 spiro atoms. The molecular formula is C22H21BrN4O3. The Morgan fingerprint density at radius 2 is 1.70 bits per heavy atom. The lowest BCUT2D eigenvalue weighted by molar-refractivity contribution is -0.117. The van der Waals surface area contributed by atoms with Crippen molar-refractivity contribution >= 4 is 39.1 Å². The average molecular weight is 469 g/mol. The van der Waals surface area contributed by atoms with Crippen LogP contribution in [0.3, 0.4) is 0 Å². The molecule has 154 valence electrons. The molecule has 0 aliphatic carbocycles. The maximum Gasteiger partial charge on any atom is 0.291 e. The highest BCUT2D eigenvalue weighted by Crippen LogP contribution is 2.19. The predicted octanol–water partition coefficient (Wildman–Crippen LogP) is 3.83. The first kappa shape index (κ1) is 21.4. The first-order chi connectivity index (χ1) is 14.4. The van der Waals surface area contributed by atoms with Crippen LogP contribution in [0.1, 0.15) is 19.4 Å². The first-order valence-electron chi connectivity index (χ1n) is 9.40. The predicted molar refractivity (Wildman–Crippen MR) is 120 cm³/mol. The summed E-state index contributed by atoms with van der Waals surface area (Å²) in [6.45, 7) is 3.09. The summed E-state index contributed by atoms with van der Waals surface area (Å²) in [6.07, 6.45) is 0.903. The van der Waals surface area contributed by atoms with E-state index in [2.05, 4.69) is 38.6 Å². The third-order valence-corrected chi connectivity index (χ3v) is 4.89. The second kappa shape index (κ2) is 9.49. The number of carbonyl (C=O) groups is 2. The van der Waals surface area contributed by atoms with E-state index in [-0.39, 0.29) is 18.1 Å². The number of benzene rings is 2. The van der Waals surface area contributed by atoms with E-state index in [1.807, 2.05) is 24.3 Å². The molecule has 8 heteroatoms. The Morgan fingerprint density at radius 1 is 1.03 bits per heavy atom. The molecule has 0 aliphatic heterocycles. The molecule has 0 aliphatic rings. The fraction of sp³-hybridized carbons (Fsp3) is 0.182. The van der Waals surface area contributed by atoms with E-state index in [1.165, 1.54) is 18.6 Å². The van der Waals surface area contributed by atoms with Crippen LogP contribution in [0.15, 0.2) is 63.9 Å². The van der Waals surface area contributed by atoms with E-state index in [1.54, 1.807) is 24.3 Å². The quantitative estimate of drug-likeness (QED) is 0.574. The molecule has 2 amide bonds. The number of carbonyl (C=O) groups excluding carboxylic acids is 2. The van der Waals surface area contributed by atoms with Gasteiger partial charge in [0.15, 0.2) is 0 Å². The monoisotopic (exact) mass is 468 g/mol. The summed E-state index contributed by atoms with van der Waals surface area (Å²) >= 11 is 3.34. The normalized spacial score (nSPS) is 10.5. The van der Waals surface area contributed by atoms with Crippen LogP contribution in [0.25, 0.3) is 11.3 Å². The summed E-state index contributed by atoms with van der Waals surface area (Å²) < 4.78 is 1.95. The van der Waals surface area contributed by atoms with E-state index in [4.69, 9.17) is 0 Å². The van der Waals surface area contributed by atoms with Gasteiger partial charge in [0.2, 0.25) is 11.8 Å². The highest BCUT2D eigenvalue weighted by molar-refractivity contribution is 9.10. The van der Waals surface area contributed by atoms with Crippen LogP contribution in [0.4, 0.5) is 11.4 Å². The van der Waals surface area contributed by atoms with Crippen molar-refractivity contribution in [2.75, 3.05) is 10.6 Å². The number of aromatic nitrogens is 2. The lowest BCUT2D eigenvalue weighted by atomic mass is 10.1. The minimum atomic E-state index is -0.551. The molecule has 2 N–H and O–H groups in total. The third kappa shape index (κ3) is 5.42. The summed E-state index contributed by atoms with van der Waals surface area (Å²) in [5.41, 5.74) is 2.56. The Morgan fingerprint density at radius 3 is 2.30 bits per heavy atom. The van der Waals surface area contributed by atoms with Gasteiger partial charge >= 0.3 is 0 Å². The van der Waals surface area contributed by atoms with Crippen LogP contribution in [-0.2, 0) is 22.6 Å². The Labute approximate surface area is 182 Å². The molecule has 1 aromatic heterocycles. The molecule has 0 radical (unpaired) electrons. The molecule has 2 aromatic carbocycles. The fourth-order valence-electron chi connectivity index (χ4n) is 2.85. The van der Waals surface area contributed by atoms with Crippen molar-refractivity contribution in [3.63, 3.8) is 0 Å². The van der Waals surface area contributed by atoms with Crippen molar-refractivity contribution in [1.82, 2.24) is 9.78 Å². The van der Waals surface area contributed by atoms with E-state index in [0.717, 1.165) is 21.1 Å². The number of halogens is 1. The van der Waals surface area contributed by atoms with Gasteiger partial charge in [0, 0.05) is 22.6 Å². The summed E-state index contributed by atoms with van der Waals surface area (Å²) in [6, 6.07) is 16.4. The van der Waals surface area contributed by atoms with Gasteiger partial charge in [0.1, 0.15) is 12.2 Å². The second-order valence-electron chi connectivity index (χ2n) is 6.69. The number of aryl methyl sites for hydroxylation is 1. The Bertz CT molecular complexity index is 1120. The molecule has 0 atom stereocenters. The standard InChI is InChI=1S/C22H21BrN4O3/c1-3-15-4-6-16(7-5-15)19-12-20(24-14(2)28)22(30)27(26-19)13-21(29)25-18-10-8-17(23)9-11-18/h4-12H,3,13H2,1-2H3,(H,24,28)(H,25,29). The van der Waals surface area contributed by atoms with Gasteiger partial charge in [-0.1, -0.05) is 47.1 Å². The van der Waals surface area contributed by atoms with Crippen molar-refractivity contribution in [2.24, 2.45) is 0 Å². The number of anilines is 2. The number of nitrogens with zero attached hydrogens (tertiary/aromatic N) is 2. The maximum absolute atomic E-state index is 12.7. The highest BCUT2D eigenvalue weighted by Gasteiger charge is 2.14. The Balaban J connectivity index is 1.92. The summed E-state index contributed by atoms with van der Waals surface area (Å²) in [4.78, 5) is 36.7. The smallest absolute Gasteiger partial charge is 0.291 e.